The van der Waals surface area contributed by atoms with Crippen LogP contribution in [-0.4, -0.2) is 86.7 Å². The second kappa shape index (κ2) is 11.4. The van der Waals surface area contributed by atoms with E-state index in [1.165, 1.54) is 42.9 Å². The van der Waals surface area contributed by atoms with Gasteiger partial charge in [0.15, 0.2) is 0 Å². The van der Waals surface area contributed by atoms with Crippen molar-refractivity contribution in [2.75, 3.05) is 52.4 Å². The Morgan fingerprint density at radius 3 is 2.15 bits per heavy atom. The molecule has 2 saturated heterocycles. The summed E-state index contributed by atoms with van der Waals surface area (Å²) in [5, 5.41) is 2.94. The van der Waals surface area contributed by atoms with Crippen molar-refractivity contribution in [3.05, 3.63) is 29.8 Å². The van der Waals surface area contributed by atoms with Gasteiger partial charge in [-0.1, -0.05) is 13.8 Å². The number of piperidine rings is 1. The molecule has 9 heteroatoms. The number of sulfonamides is 1. The van der Waals surface area contributed by atoms with E-state index < -0.39 is 10.0 Å². The van der Waals surface area contributed by atoms with Crippen molar-refractivity contribution < 1.29 is 18.0 Å². The first kappa shape index (κ1) is 25.6. The molecule has 1 aromatic carbocycles. The van der Waals surface area contributed by atoms with Gasteiger partial charge in [-0.2, -0.15) is 4.31 Å². The predicted octanol–water partition coefficient (Wildman–Crippen LogP) is 2.03. The number of nitrogens with one attached hydrogen (secondary N) is 1. The standard InChI is InChI=1S/C24H38N4O4S/c1-19-16-20(2)18-26(17-19)11-5-4-10-25-24(30)22-6-8-23(9-7-22)33(31,32)28-14-12-27(13-15-28)21(3)29/h6-9,19-20H,4-5,10-18H2,1-3H3,(H,25,30). The minimum absolute atomic E-state index is 0.0434. The van der Waals surface area contributed by atoms with Gasteiger partial charge < -0.3 is 15.1 Å². The molecule has 2 atom stereocenters. The van der Waals surface area contributed by atoms with Crippen molar-refractivity contribution in [1.82, 2.24) is 19.4 Å². The molecule has 2 fully saturated rings. The Labute approximate surface area is 198 Å². The third-order valence-electron chi connectivity index (χ3n) is 6.57. The molecule has 2 unspecified atom stereocenters. The Balaban J connectivity index is 1.43. The lowest BCUT2D eigenvalue weighted by atomic mass is 9.92. The maximum atomic E-state index is 12.9. The topological polar surface area (TPSA) is 90.0 Å². The highest BCUT2D eigenvalue weighted by Crippen LogP contribution is 2.21. The quantitative estimate of drug-likeness (QED) is 0.578. The number of carbonyl (C=O) groups excluding carboxylic acids is 2. The van der Waals surface area contributed by atoms with Crippen molar-refractivity contribution in [2.24, 2.45) is 11.8 Å². The summed E-state index contributed by atoms with van der Waals surface area (Å²) in [6.07, 6.45) is 3.28. The summed E-state index contributed by atoms with van der Waals surface area (Å²) >= 11 is 0. The summed E-state index contributed by atoms with van der Waals surface area (Å²) in [7, 11) is -3.64. The first-order chi connectivity index (χ1) is 15.7. The van der Waals surface area contributed by atoms with E-state index in [1.54, 1.807) is 17.0 Å². The number of amides is 2. The highest BCUT2D eigenvalue weighted by molar-refractivity contribution is 7.89. The van der Waals surface area contributed by atoms with Crippen LogP contribution < -0.4 is 5.32 Å². The molecule has 33 heavy (non-hydrogen) atoms. The third kappa shape index (κ3) is 7.01. The summed E-state index contributed by atoms with van der Waals surface area (Å²) in [5.41, 5.74) is 0.453. The number of nitrogens with zero attached hydrogens (tertiary/aromatic N) is 3. The van der Waals surface area contributed by atoms with E-state index >= 15 is 0 Å². The van der Waals surface area contributed by atoms with Gasteiger partial charge in [-0.3, -0.25) is 9.59 Å². The van der Waals surface area contributed by atoms with E-state index in [9.17, 15) is 18.0 Å². The van der Waals surface area contributed by atoms with Crippen molar-refractivity contribution in [1.29, 1.82) is 0 Å². The van der Waals surface area contributed by atoms with Crippen LogP contribution in [0.3, 0.4) is 0 Å². The number of unbranched alkanes of at least 4 members (excludes halogenated alkanes) is 1. The Kier molecular flexibility index (Phi) is 8.89. The molecule has 2 aliphatic rings. The van der Waals surface area contributed by atoms with Crippen LogP contribution in [-0.2, 0) is 14.8 Å². The third-order valence-corrected chi connectivity index (χ3v) is 8.48. The SMILES string of the molecule is CC(=O)N1CCN(S(=O)(=O)c2ccc(C(=O)NCCCCN3CC(C)CC(C)C3)cc2)CC1. The zero-order chi connectivity index (χ0) is 24.0. The van der Waals surface area contributed by atoms with Gasteiger partial charge in [0.25, 0.3) is 5.91 Å². The minimum atomic E-state index is -3.64. The highest BCUT2D eigenvalue weighted by Gasteiger charge is 2.29. The molecule has 0 spiro atoms. The van der Waals surface area contributed by atoms with Gasteiger partial charge >= 0.3 is 0 Å². The normalized spacial score (nSPS) is 22.8. The molecule has 0 aromatic heterocycles. The van der Waals surface area contributed by atoms with Crippen molar-refractivity contribution in [3.8, 4) is 0 Å². The van der Waals surface area contributed by atoms with E-state index in [-0.39, 0.29) is 29.8 Å². The first-order valence-electron chi connectivity index (χ1n) is 12.0. The van der Waals surface area contributed by atoms with Crippen molar-refractivity contribution in [2.45, 2.75) is 44.9 Å². The summed E-state index contributed by atoms with van der Waals surface area (Å²) in [5.74, 6) is 1.28. The molecule has 184 valence electrons. The molecule has 0 saturated carbocycles. The Morgan fingerprint density at radius 1 is 0.970 bits per heavy atom. The fourth-order valence-electron chi connectivity index (χ4n) is 4.91. The summed E-state index contributed by atoms with van der Waals surface area (Å²) in [6, 6.07) is 6.09. The van der Waals surface area contributed by atoms with Crippen LogP contribution in [0.4, 0.5) is 0 Å². The highest BCUT2D eigenvalue weighted by atomic mass is 32.2. The Hall–Kier alpha value is -1.97. The number of benzene rings is 1. The van der Waals surface area contributed by atoms with Gasteiger partial charge in [0, 0.05) is 58.3 Å². The number of hydrogen-bond acceptors (Lipinski definition) is 5. The zero-order valence-corrected chi connectivity index (χ0v) is 20.9. The number of rotatable bonds is 8. The van der Waals surface area contributed by atoms with Gasteiger partial charge in [-0.25, -0.2) is 8.42 Å². The molecule has 8 nitrogen and oxygen atoms in total. The molecule has 2 heterocycles. The van der Waals surface area contributed by atoms with Crippen LogP contribution in [0.5, 0.6) is 0 Å². The minimum Gasteiger partial charge on any atom is -0.352 e. The lowest BCUT2D eigenvalue weighted by Gasteiger charge is -2.34. The molecule has 2 amide bonds. The van der Waals surface area contributed by atoms with E-state index in [1.807, 2.05) is 0 Å². The summed E-state index contributed by atoms with van der Waals surface area (Å²) in [6.45, 7) is 11.5. The van der Waals surface area contributed by atoms with Crippen LogP contribution in [0, 0.1) is 11.8 Å². The van der Waals surface area contributed by atoms with Gasteiger partial charge in [0.1, 0.15) is 0 Å². The summed E-state index contributed by atoms with van der Waals surface area (Å²) in [4.78, 5) is 28.2. The van der Waals surface area contributed by atoms with E-state index in [0.717, 1.165) is 31.2 Å². The Morgan fingerprint density at radius 2 is 1.58 bits per heavy atom. The molecule has 3 rings (SSSR count). The maximum absolute atomic E-state index is 12.9. The van der Waals surface area contributed by atoms with Gasteiger partial charge in [0.2, 0.25) is 15.9 Å². The fraction of sp³-hybridized carbons (Fsp3) is 0.667. The maximum Gasteiger partial charge on any atom is 0.251 e. The molecular formula is C24H38N4O4S. The lowest BCUT2D eigenvalue weighted by molar-refractivity contribution is -0.129. The van der Waals surface area contributed by atoms with Crippen LogP contribution in [0.15, 0.2) is 29.2 Å². The van der Waals surface area contributed by atoms with Gasteiger partial charge in [-0.15, -0.1) is 0 Å². The number of carbonyl (C=O) groups is 2. The summed E-state index contributed by atoms with van der Waals surface area (Å²) < 4.78 is 27.1. The largest absolute Gasteiger partial charge is 0.352 e. The molecule has 2 aliphatic heterocycles. The molecular weight excluding hydrogens is 440 g/mol. The van der Waals surface area contributed by atoms with Crippen LogP contribution in [0.2, 0.25) is 0 Å². The zero-order valence-electron chi connectivity index (χ0n) is 20.1. The van der Waals surface area contributed by atoms with E-state index in [2.05, 4.69) is 24.1 Å². The van der Waals surface area contributed by atoms with E-state index in [4.69, 9.17) is 0 Å². The molecule has 0 bridgehead atoms. The van der Waals surface area contributed by atoms with Crippen LogP contribution in [0.25, 0.3) is 0 Å². The van der Waals surface area contributed by atoms with Gasteiger partial charge in [0.05, 0.1) is 4.90 Å². The lowest BCUT2D eigenvalue weighted by Crippen LogP contribution is -2.49. The van der Waals surface area contributed by atoms with Crippen LogP contribution in [0.1, 0.15) is 50.4 Å². The van der Waals surface area contributed by atoms with Crippen molar-refractivity contribution >= 4 is 21.8 Å². The predicted molar refractivity (Wildman–Crippen MR) is 128 cm³/mol. The number of piperazine rings is 1. The van der Waals surface area contributed by atoms with Gasteiger partial charge in [-0.05, 0) is 61.9 Å². The second-order valence-electron chi connectivity index (χ2n) is 9.60. The monoisotopic (exact) mass is 478 g/mol. The Bertz CT molecular complexity index is 901. The average molecular weight is 479 g/mol. The average Bonchev–Trinajstić information content (AvgIpc) is 2.78. The second-order valence-corrected chi connectivity index (χ2v) is 11.5. The number of likely N-dealkylation sites (tertiary alicyclic amines) is 1. The molecule has 1 aromatic rings. The smallest absolute Gasteiger partial charge is 0.251 e. The molecule has 0 aliphatic carbocycles. The molecule has 1 N–H and O–H groups in total. The van der Waals surface area contributed by atoms with E-state index in [0.29, 0.717) is 25.2 Å². The molecule has 0 radical (unpaired) electrons. The van der Waals surface area contributed by atoms with Crippen molar-refractivity contribution in [3.63, 3.8) is 0 Å². The fourth-order valence-corrected chi connectivity index (χ4v) is 6.33. The first-order valence-corrected chi connectivity index (χ1v) is 13.5. The number of hydrogen-bond donors (Lipinski definition) is 1. The van der Waals surface area contributed by atoms with Crippen LogP contribution >= 0.6 is 0 Å².